The number of amides is 1. The van der Waals surface area contributed by atoms with Gasteiger partial charge in [0, 0.05) is 4.88 Å². The number of nitrogens with zero attached hydrogens (tertiary/aromatic N) is 1. The van der Waals surface area contributed by atoms with Gasteiger partial charge in [-0.3, -0.25) is 4.79 Å². The summed E-state index contributed by atoms with van der Waals surface area (Å²) in [4.78, 5) is 14.1. The first-order valence-electron chi connectivity index (χ1n) is 9.43. The van der Waals surface area contributed by atoms with Crippen LogP contribution < -0.4 is 10.1 Å². The van der Waals surface area contributed by atoms with E-state index in [1.807, 2.05) is 19.1 Å². The first kappa shape index (κ1) is 19.4. The third kappa shape index (κ3) is 4.01. The van der Waals surface area contributed by atoms with Crippen LogP contribution in [-0.4, -0.2) is 12.5 Å². The average molecular weight is 383 g/mol. The number of carbonyl (C=O) groups is 1. The number of nitrogens with one attached hydrogen (secondary N) is 1. The Morgan fingerprint density at radius 2 is 2.11 bits per heavy atom. The minimum Gasteiger partial charge on any atom is -0.493 e. The summed E-state index contributed by atoms with van der Waals surface area (Å²) in [6, 6.07) is 9.51. The molecule has 1 heterocycles. The van der Waals surface area contributed by atoms with Crippen molar-refractivity contribution in [1.29, 1.82) is 5.26 Å². The maximum atomic E-state index is 12.8. The van der Waals surface area contributed by atoms with Gasteiger partial charge in [-0.15, -0.1) is 11.3 Å². The summed E-state index contributed by atoms with van der Waals surface area (Å²) in [6.45, 7) is 9.20. The maximum Gasteiger partial charge on any atom is 0.260 e. The lowest BCUT2D eigenvalue weighted by molar-refractivity contribution is 0.102. The number of thiophene rings is 1. The number of benzene rings is 1. The molecule has 0 spiro atoms. The fraction of sp³-hybridized carbons (Fsp3) is 0.455. The van der Waals surface area contributed by atoms with Gasteiger partial charge in [0.15, 0.2) is 0 Å². The Labute approximate surface area is 165 Å². The molecular formula is C22H26N2O2S. The van der Waals surface area contributed by atoms with E-state index in [1.165, 1.54) is 4.88 Å². The summed E-state index contributed by atoms with van der Waals surface area (Å²) in [6.07, 6.45) is 2.97. The normalized spacial score (nSPS) is 16.3. The van der Waals surface area contributed by atoms with Crippen LogP contribution in [0.2, 0.25) is 0 Å². The van der Waals surface area contributed by atoms with E-state index in [2.05, 4.69) is 32.2 Å². The molecular weight excluding hydrogens is 356 g/mol. The molecule has 0 bridgehead atoms. The molecule has 1 unspecified atom stereocenters. The zero-order valence-electron chi connectivity index (χ0n) is 16.4. The molecule has 2 aromatic rings. The molecule has 1 aliphatic carbocycles. The number of para-hydroxylation sites is 1. The molecule has 1 N–H and O–H groups in total. The summed E-state index contributed by atoms with van der Waals surface area (Å²) in [5, 5.41) is 13.3. The zero-order chi connectivity index (χ0) is 19.6. The van der Waals surface area contributed by atoms with Gasteiger partial charge < -0.3 is 10.1 Å². The molecule has 0 saturated heterocycles. The van der Waals surface area contributed by atoms with E-state index in [0.717, 1.165) is 24.8 Å². The highest BCUT2D eigenvalue weighted by Gasteiger charge is 2.32. The van der Waals surface area contributed by atoms with E-state index in [4.69, 9.17) is 4.74 Å². The monoisotopic (exact) mass is 382 g/mol. The highest BCUT2D eigenvalue weighted by molar-refractivity contribution is 7.16. The van der Waals surface area contributed by atoms with Crippen molar-refractivity contribution in [1.82, 2.24) is 0 Å². The van der Waals surface area contributed by atoms with Gasteiger partial charge in [0.1, 0.15) is 16.8 Å². The van der Waals surface area contributed by atoms with Gasteiger partial charge in [-0.1, -0.05) is 32.9 Å². The Hall–Kier alpha value is -2.32. The molecule has 0 radical (unpaired) electrons. The number of hydrogen-bond donors (Lipinski definition) is 1. The molecule has 1 aromatic heterocycles. The summed E-state index contributed by atoms with van der Waals surface area (Å²) >= 11 is 1.55. The first-order chi connectivity index (χ1) is 12.8. The third-order valence-corrected chi connectivity index (χ3v) is 6.43. The Morgan fingerprint density at radius 3 is 2.78 bits per heavy atom. The molecule has 27 heavy (non-hydrogen) atoms. The summed E-state index contributed by atoms with van der Waals surface area (Å²) in [5.41, 5.74) is 2.48. The van der Waals surface area contributed by atoms with E-state index >= 15 is 0 Å². The fourth-order valence-electron chi connectivity index (χ4n) is 3.64. The molecule has 1 aromatic carbocycles. The van der Waals surface area contributed by atoms with E-state index in [0.29, 0.717) is 34.4 Å². The molecule has 0 saturated carbocycles. The van der Waals surface area contributed by atoms with Crippen LogP contribution in [-0.2, 0) is 12.8 Å². The van der Waals surface area contributed by atoms with Gasteiger partial charge in [0.05, 0.1) is 17.7 Å². The predicted molar refractivity (Wildman–Crippen MR) is 110 cm³/mol. The zero-order valence-corrected chi connectivity index (χ0v) is 17.2. The Kier molecular flexibility index (Phi) is 5.57. The largest absolute Gasteiger partial charge is 0.493 e. The molecule has 4 nitrogen and oxygen atoms in total. The van der Waals surface area contributed by atoms with Gasteiger partial charge in [-0.05, 0) is 55.2 Å². The van der Waals surface area contributed by atoms with E-state index in [1.54, 1.807) is 23.5 Å². The van der Waals surface area contributed by atoms with Crippen molar-refractivity contribution < 1.29 is 9.53 Å². The molecule has 0 aliphatic heterocycles. The van der Waals surface area contributed by atoms with Gasteiger partial charge in [0.25, 0.3) is 5.91 Å². The van der Waals surface area contributed by atoms with Crippen molar-refractivity contribution in [3.05, 3.63) is 45.8 Å². The minimum atomic E-state index is -0.235. The Balaban J connectivity index is 1.88. The van der Waals surface area contributed by atoms with Crippen molar-refractivity contribution >= 4 is 22.2 Å². The Morgan fingerprint density at radius 1 is 1.37 bits per heavy atom. The number of ether oxygens (including phenoxy) is 1. The minimum absolute atomic E-state index is 0.235. The lowest BCUT2D eigenvalue weighted by atomic mass is 9.72. The lowest BCUT2D eigenvalue weighted by Gasteiger charge is -2.33. The predicted octanol–water partition coefficient (Wildman–Crippen LogP) is 5.42. The standard InChI is InChI=1S/C22H26N2O2S/c1-5-26-18-9-7-6-8-16(18)20(25)24-21-17(13-23)15-11-10-14(22(2,3)4)12-19(15)27-21/h6-9,14H,5,10-12H2,1-4H3,(H,24,25). The second-order valence-electron chi connectivity index (χ2n) is 8.01. The van der Waals surface area contributed by atoms with Gasteiger partial charge >= 0.3 is 0 Å². The molecule has 0 fully saturated rings. The highest BCUT2D eigenvalue weighted by Crippen LogP contribution is 2.44. The molecule has 5 heteroatoms. The topological polar surface area (TPSA) is 62.1 Å². The van der Waals surface area contributed by atoms with Crippen LogP contribution in [0.3, 0.4) is 0 Å². The van der Waals surface area contributed by atoms with Gasteiger partial charge in [-0.25, -0.2) is 0 Å². The molecule has 1 atom stereocenters. The van der Waals surface area contributed by atoms with E-state index < -0.39 is 0 Å². The fourth-order valence-corrected chi connectivity index (χ4v) is 4.91. The number of anilines is 1. The van der Waals surface area contributed by atoms with Gasteiger partial charge in [-0.2, -0.15) is 5.26 Å². The molecule has 1 amide bonds. The van der Waals surface area contributed by atoms with Crippen molar-refractivity contribution in [2.24, 2.45) is 11.3 Å². The van der Waals surface area contributed by atoms with Crippen molar-refractivity contribution in [3.63, 3.8) is 0 Å². The van der Waals surface area contributed by atoms with Crippen molar-refractivity contribution in [2.45, 2.75) is 47.0 Å². The van der Waals surface area contributed by atoms with Crippen LogP contribution in [0.4, 0.5) is 5.00 Å². The number of nitriles is 1. The summed E-state index contributed by atoms with van der Waals surface area (Å²) < 4.78 is 5.56. The lowest BCUT2D eigenvalue weighted by Crippen LogP contribution is -2.26. The maximum absolute atomic E-state index is 12.8. The van der Waals surface area contributed by atoms with Crippen molar-refractivity contribution in [3.8, 4) is 11.8 Å². The second-order valence-corrected chi connectivity index (χ2v) is 9.11. The number of hydrogen-bond acceptors (Lipinski definition) is 4. The average Bonchev–Trinajstić information content (AvgIpc) is 2.97. The number of carbonyl (C=O) groups excluding carboxylic acids is 1. The SMILES string of the molecule is CCOc1ccccc1C(=O)Nc1sc2c(c1C#N)CCC(C(C)(C)C)C2. The summed E-state index contributed by atoms with van der Waals surface area (Å²) in [7, 11) is 0. The third-order valence-electron chi connectivity index (χ3n) is 5.26. The van der Waals surface area contributed by atoms with Crippen LogP contribution in [0.15, 0.2) is 24.3 Å². The number of rotatable bonds is 4. The highest BCUT2D eigenvalue weighted by atomic mass is 32.1. The molecule has 3 rings (SSSR count). The van der Waals surface area contributed by atoms with E-state index in [9.17, 15) is 10.1 Å². The molecule has 142 valence electrons. The van der Waals surface area contributed by atoms with E-state index in [-0.39, 0.29) is 11.3 Å². The van der Waals surface area contributed by atoms with Crippen LogP contribution in [0.25, 0.3) is 0 Å². The first-order valence-corrected chi connectivity index (χ1v) is 10.2. The quantitative estimate of drug-likeness (QED) is 0.768. The molecule has 1 aliphatic rings. The Bertz CT molecular complexity index is 887. The second kappa shape index (κ2) is 7.74. The number of fused-ring (bicyclic) bond motifs is 1. The van der Waals surface area contributed by atoms with Crippen LogP contribution >= 0.6 is 11.3 Å². The summed E-state index contributed by atoms with van der Waals surface area (Å²) in [5.74, 6) is 0.920. The van der Waals surface area contributed by atoms with Gasteiger partial charge in [0.2, 0.25) is 0 Å². The van der Waals surface area contributed by atoms with Crippen molar-refractivity contribution in [2.75, 3.05) is 11.9 Å². The van der Waals surface area contributed by atoms with Crippen LogP contribution in [0, 0.1) is 22.7 Å². The smallest absolute Gasteiger partial charge is 0.260 e. The van der Waals surface area contributed by atoms with Crippen LogP contribution in [0.5, 0.6) is 5.75 Å². The van der Waals surface area contributed by atoms with Crippen LogP contribution in [0.1, 0.15) is 60.5 Å².